The number of nitrogens with zero attached hydrogens (tertiary/aromatic N) is 1. The molecule has 6 nitrogen and oxygen atoms in total. The number of rotatable bonds is 5. The summed E-state index contributed by atoms with van der Waals surface area (Å²) < 4.78 is 60.2. The van der Waals surface area contributed by atoms with Gasteiger partial charge in [-0.2, -0.15) is 26.8 Å². The molecule has 0 radical (unpaired) electrons. The summed E-state index contributed by atoms with van der Waals surface area (Å²) in [4.78, 5) is -2.98. The Balaban J connectivity index is 2.67. The highest BCUT2D eigenvalue weighted by molar-refractivity contribution is 7.87. The van der Waals surface area contributed by atoms with E-state index in [1.54, 1.807) is 30.3 Å². The normalized spacial score (nSPS) is 16.1. The summed E-state index contributed by atoms with van der Waals surface area (Å²) in [5, 5.41) is 20.1. The second kappa shape index (κ2) is 5.43. The van der Waals surface area contributed by atoms with E-state index in [1.165, 1.54) is 0 Å². The van der Waals surface area contributed by atoms with Gasteiger partial charge in [0.25, 0.3) is 0 Å². The third-order valence-electron chi connectivity index (χ3n) is 2.02. The van der Waals surface area contributed by atoms with Gasteiger partial charge in [0, 0.05) is 6.42 Å². The van der Waals surface area contributed by atoms with Crippen LogP contribution in [0.1, 0.15) is 5.56 Å². The number of benzene rings is 1. The smallest absolute Gasteiger partial charge is 0.528 e. The Kier molecular flexibility index (Phi) is 4.53. The maximum absolute atomic E-state index is 12.0. The lowest BCUT2D eigenvalue weighted by Gasteiger charge is -2.28. The molecule has 10 heteroatoms. The molecule has 108 valence electrons. The molecule has 0 aliphatic heterocycles. The van der Waals surface area contributed by atoms with Crippen molar-refractivity contribution in [1.29, 1.82) is 0 Å². The van der Waals surface area contributed by atoms with E-state index in [0.717, 1.165) is 0 Å². The van der Waals surface area contributed by atoms with Crippen LogP contribution in [0.15, 0.2) is 30.3 Å². The number of hydrogen-bond donors (Lipinski definition) is 1. The predicted molar refractivity (Wildman–Crippen MR) is 56.5 cm³/mol. The molecule has 0 aliphatic rings. The van der Waals surface area contributed by atoms with Gasteiger partial charge < -0.3 is 5.21 Å². The van der Waals surface area contributed by atoms with Gasteiger partial charge in [0.1, 0.15) is 6.54 Å². The van der Waals surface area contributed by atoms with E-state index >= 15 is 0 Å². The zero-order valence-electron chi connectivity index (χ0n) is 9.37. The summed E-state index contributed by atoms with van der Waals surface area (Å²) >= 11 is 0. The molecule has 0 spiro atoms. The fourth-order valence-corrected chi connectivity index (χ4v) is 1.61. The molecule has 0 heterocycles. The molecule has 0 fully saturated rings. The van der Waals surface area contributed by atoms with Gasteiger partial charge in [0.05, 0.1) is 0 Å². The van der Waals surface area contributed by atoms with Crippen molar-refractivity contribution in [3.63, 3.8) is 0 Å². The standard InChI is InChI=1S/C9H10F3NO5S/c10-9(11,12)19(16,17)18-13(14,15)7-6-8-4-2-1-3-5-8/h1-5,14H,6-7H2. The summed E-state index contributed by atoms with van der Waals surface area (Å²) in [7, 11) is -6.15. The van der Waals surface area contributed by atoms with Crippen LogP contribution >= 0.6 is 0 Å². The quantitative estimate of drug-likeness (QED) is 0.508. The van der Waals surface area contributed by atoms with Crippen LogP contribution in [-0.4, -0.2) is 30.7 Å². The average Bonchev–Trinajstić information content (AvgIpc) is 2.25. The lowest BCUT2D eigenvalue weighted by atomic mass is 10.2. The van der Waals surface area contributed by atoms with Gasteiger partial charge in [0.15, 0.2) is 0 Å². The summed E-state index contributed by atoms with van der Waals surface area (Å²) in [6, 6.07) is 8.00. The largest absolute Gasteiger partial charge is 0.563 e. The van der Waals surface area contributed by atoms with Gasteiger partial charge in [-0.25, -0.2) is 0 Å². The fourth-order valence-electron chi connectivity index (χ4n) is 1.15. The van der Waals surface area contributed by atoms with E-state index in [1.807, 2.05) is 0 Å². The number of halogens is 3. The zero-order valence-corrected chi connectivity index (χ0v) is 10.2. The second-order valence-corrected chi connectivity index (χ2v) is 5.09. The average molecular weight is 301 g/mol. The van der Waals surface area contributed by atoms with Crippen molar-refractivity contribution in [2.45, 2.75) is 11.9 Å². The van der Waals surface area contributed by atoms with Crippen molar-refractivity contribution >= 4 is 10.1 Å². The van der Waals surface area contributed by atoms with E-state index in [9.17, 15) is 26.8 Å². The van der Waals surface area contributed by atoms with Gasteiger partial charge in [0.2, 0.25) is 0 Å². The molecular formula is C9H10F3NO5S. The molecule has 1 aromatic rings. The van der Waals surface area contributed by atoms with Crippen LogP contribution in [0.2, 0.25) is 0 Å². The molecule has 0 aliphatic carbocycles. The molecule has 1 unspecified atom stereocenters. The second-order valence-electron chi connectivity index (χ2n) is 3.57. The fraction of sp³-hybridized carbons (Fsp3) is 0.333. The molecule has 0 bridgehead atoms. The van der Waals surface area contributed by atoms with Crippen molar-refractivity contribution in [1.82, 2.24) is 0 Å². The first-order valence-electron chi connectivity index (χ1n) is 4.92. The minimum atomic E-state index is -6.15. The SMILES string of the molecule is O=S(=O)(O[N+]([O-])(O)CCc1ccccc1)C(F)(F)F. The maximum Gasteiger partial charge on any atom is 0.528 e. The van der Waals surface area contributed by atoms with Crippen molar-refractivity contribution < 1.29 is 36.1 Å². The predicted octanol–water partition coefficient (Wildman–Crippen LogP) is 1.71. The monoisotopic (exact) mass is 301 g/mol. The van der Waals surface area contributed by atoms with Gasteiger partial charge in [-0.1, -0.05) is 35.3 Å². The molecule has 0 saturated carbocycles. The highest BCUT2D eigenvalue weighted by Crippen LogP contribution is 2.27. The Labute approximate surface area is 106 Å². The summed E-state index contributed by atoms with van der Waals surface area (Å²) in [6.07, 6.45) is -0.159. The Morgan fingerprint density at radius 2 is 1.79 bits per heavy atom. The lowest BCUT2D eigenvalue weighted by molar-refractivity contribution is -1.19. The maximum atomic E-state index is 12.0. The minimum Gasteiger partial charge on any atom is -0.563 e. The van der Waals surface area contributed by atoms with E-state index in [-0.39, 0.29) is 6.42 Å². The van der Waals surface area contributed by atoms with Gasteiger partial charge in [-0.15, -0.1) is 0 Å². The Hall–Kier alpha value is -1.20. The molecule has 19 heavy (non-hydrogen) atoms. The first kappa shape index (κ1) is 15.9. The topological polar surface area (TPSA) is 86.7 Å². The molecular weight excluding hydrogens is 291 g/mol. The highest BCUT2D eigenvalue weighted by atomic mass is 32.2. The van der Waals surface area contributed by atoms with E-state index < -0.39 is 27.1 Å². The van der Waals surface area contributed by atoms with Crippen LogP contribution in [0, 0.1) is 5.21 Å². The van der Waals surface area contributed by atoms with Crippen molar-refractivity contribution in [2.75, 3.05) is 6.54 Å². The van der Waals surface area contributed by atoms with Gasteiger partial charge >= 0.3 is 15.6 Å². The van der Waals surface area contributed by atoms with Gasteiger partial charge in [-0.05, 0) is 9.85 Å². The molecule has 1 atom stereocenters. The first-order valence-corrected chi connectivity index (χ1v) is 6.32. The molecule has 0 saturated heterocycles. The van der Waals surface area contributed by atoms with Crippen molar-refractivity contribution in [2.24, 2.45) is 0 Å². The third-order valence-corrected chi connectivity index (χ3v) is 3.02. The number of hydroxylamine groups is 3. The first-order chi connectivity index (χ1) is 8.54. The minimum absolute atomic E-state index is 0.159. The Morgan fingerprint density at radius 1 is 1.26 bits per heavy atom. The molecule has 1 N–H and O–H groups in total. The number of quaternary nitrogens is 1. The molecule has 0 amide bonds. The van der Waals surface area contributed by atoms with Crippen LogP contribution in [0.3, 0.4) is 0 Å². The van der Waals surface area contributed by atoms with Crippen LogP contribution in [-0.2, 0) is 20.8 Å². The van der Waals surface area contributed by atoms with Crippen LogP contribution in [0.5, 0.6) is 0 Å². The molecule has 1 rings (SSSR count). The van der Waals surface area contributed by atoms with Crippen LogP contribution in [0.4, 0.5) is 13.2 Å². The zero-order chi connectivity index (χ0) is 14.7. The van der Waals surface area contributed by atoms with Gasteiger partial charge in [-0.3, -0.25) is 0 Å². The summed E-state index contributed by atoms with van der Waals surface area (Å²) in [5.41, 5.74) is -5.24. The van der Waals surface area contributed by atoms with Crippen LogP contribution < -0.4 is 0 Å². The summed E-state index contributed by atoms with van der Waals surface area (Å²) in [6.45, 7) is -0.903. The van der Waals surface area contributed by atoms with Crippen molar-refractivity contribution in [3.8, 4) is 0 Å². The number of hydrogen-bond acceptors (Lipinski definition) is 5. The highest BCUT2D eigenvalue weighted by Gasteiger charge is 2.52. The summed E-state index contributed by atoms with van der Waals surface area (Å²) in [5.74, 6) is 0. The number of alkyl halides is 3. The third kappa shape index (κ3) is 4.76. The lowest BCUT2D eigenvalue weighted by Crippen LogP contribution is -2.45. The van der Waals surface area contributed by atoms with Crippen LogP contribution in [0.25, 0.3) is 0 Å². The van der Waals surface area contributed by atoms with E-state index in [2.05, 4.69) is 4.28 Å². The molecule has 1 aromatic carbocycles. The Bertz CT molecular complexity index is 514. The van der Waals surface area contributed by atoms with E-state index in [4.69, 9.17) is 5.21 Å². The van der Waals surface area contributed by atoms with E-state index in [0.29, 0.717) is 5.56 Å². The Morgan fingerprint density at radius 3 is 2.26 bits per heavy atom. The molecule has 0 aromatic heterocycles. The van der Waals surface area contributed by atoms with Crippen molar-refractivity contribution in [3.05, 3.63) is 41.1 Å².